The number of carbonyl (C=O) groups is 2. The number of carbonyl (C=O) groups excluding carboxylic acids is 2. The van der Waals surface area contributed by atoms with Crippen molar-refractivity contribution in [3.63, 3.8) is 0 Å². The molecular formula is C25H33NO5. The third-order valence-electron chi connectivity index (χ3n) is 5.10. The van der Waals surface area contributed by atoms with Gasteiger partial charge in [0.1, 0.15) is 12.3 Å². The van der Waals surface area contributed by atoms with Crippen molar-refractivity contribution in [1.82, 2.24) is 4.90 Å². The molecule has 0 aliphatic carbocycles. The Labute approximate surface area is 184 Å². The minimum atomic E-state index is -0.460. The summed E-state index contributed by atoms with van der Waals surface area (Å²) in [4.78, 5) is 26.6. The summed E-state index contributed by atoms with van der Waals surface area (Å²) in [5.74, 6) is -0.217. The van der Waals surface area contributed by atoms with Crippen molar-refractivity contribution in [2.45, 2.75) is 58.7 Å². The predicted octanol–water partition coefficient (Wildman–Crippen LogP) is 4.69. The van der Waals surface area contributed by atoms with Gasteiger partial charge in [0.15, 0.2) is 0 Å². The molecule has 168 valence electrons. The molecule has 2 aromatic carbocycles. The number of unbranched alkanes of at least 4 members (excludes halogenated alkanes) is 2. The highest BCUT2D eigenvalue weighted by Gasteiger charge is 2.22. The van der Waals surface area contributed by atoms with Crippen LogP contribution in [0.4, 0.5) is 0 Å². The lowest BCUT2D eigenvalue weighted by Crippen LogP contribution is -2.35. The highest BCUT2D eigenvalue weighted by molar-refractivity contribution is 6.08. The van der Waals surface area contributed by atoms with Crippen LogP contribution in [0.25, 0.3) is 10.8 Å². The zero-order valence-corrected chi connectivity index (χ0v) is 18.8. The standard InChI is InChI=1S/C25H33NO5/c1-25(2,3)31-22(27)13-16-29-15-6-4-5-14-26-18-30-17-20-11-7-9-19-10-8-12-21(23(19)20)24(26)28/h7-12H,4-6,13-18H2,1-3H3. The molecule has 0 N–H and O–H groups in total. The van der Waals surface area contributed by atoms with Crippen molar-refractivity contribution < 1.29 is 23.8 Å². The summed E-state index contributed by atoms with van der Waals surface area (Å²) >= 11 is 0. The average molecular weight is 428 g/mol. The second-order valence-corrected chi connectivity index (χ2v) is 8.88. The van der Waals surface area contributed by atoms with Gasteiger partial charge in [0.05, 0.1) is 19.6 Å². The molecule has 0 saturated heterocycles. The van der Waals surface area contributed by atoms with Crippen molar-refractivity contribution in [3.8, 4) is 0 Å². The average Bonchev–Trinajstić information content (AvgIpc) is 2.71. The van der Waals surface area contributed by atoms with Crippen molar-refractivity contribution in [3.05, 3.63) is 47.5 Å². The predicted molar refractivity (Wildman–Crippen MR) is 120 cm³/mol. The maximum atomic E-state index is 13.1. The number of esters is 1. The van der Waals surface area contributed by atoms with Gasteiger partial charge in [0.25, 0.3) is 5.91 Å². The largest absolute Gasteiger partial charge is 0.460 e. The number of hydrogen-bond acceptors (Lipinski definition) is 5. The number of nitrogens with zero attached hydrogens (tertiary/aromatic N) is 1. The van der Waals surface area contributed by atoms with E-state index in [-0.39, 0.29) is 18.3 Å². The van der Waals surface area contributed by atoms with Gasteiger partial charge in [-0.1, -0.05) is 30.3 Å². The maximum absolute atomic E-state index is 13.1. The van der Waals surface area contributed by atoms with Crippen LogP contribution in [-0.4, -0.2) is 48.9 Å². The first-order valence-corrected chi connectivity index (χ1v) is 11.0. The van der Waals surface area contributed by atoms with Gasteiger partial charge in [-0.3, -0.25) is 9.59 Å². The number of ether oxygens (including phenoxy) is 3. The normalized spacial score (nSPS) is 14.4. The summed E-state index contributed by atoms with van der Waals surface area (Å²) in [6.07, 6.45) is 2.97. The Morgan fingerprint density at radius 1 is 1.06 bits per heavy atom. The molecule has 0 fully saturated rings. The van der Waals surface area contributed by atoms with Crippen molar-refractivity contribution in [1.29, 1.82) is 0 Å². The molecule has 2 aromatic rings. The van der Waals surface area contributed by atoms with Gasteiger partial charge < -0.3 is 19.1 Å². The molecule has 1 aliphatic rings. The SMILES string of the molecule is CC(C)(C)OC(=O)CCOCCCCCN1COCc2cccc3cccc(c23)C1=O. The van der Waals surface area contributed by atoms with Gasteiger partial charge >= 0.3 is 5.97 Å². The van der Waals surface area contributed by atoms with E-state index in [9.17, 15) is 9.59 Å². The first kappa shape index (κ1) is 23.2. The Morgan fingerprint density at radius 3 is 2.61 bits per heavy atom. The van der Waals surface area contributed by atoms with Gasteiger partial charge in [-0.25, -0.2) is 0 Å². The van der Waals surface area contributed by atoms with Crippen LogP contribution in [0.5, 0.6) is 0 Å². The highest BCUT2D eigenvalue weighted by Crippen LogP contribution is 2.27. The first-order chi connectivity index (χ1) is 14.8. The third kappa shape index (κ3) is 6.77. The lowest BCUT2D eigenvalue weighted by molar-refractivity contribution is -0.156. The Balaban J connectivity index is 1.40. The molecule has 1 amide bonds. The molecule has 0 saturated carbocycles. The summed E-state index contributed by atoms with van der Waals surface area (Å²) in [5.41, 5.74) is 1.35. The molecule has 31 heavy (non-hydrogen) atoms. The van der Waals surface area contributed by atoms with E-state index in [1.807, 2.05) is 57.2 Å². The van der Waals surface area contributed by atoms with E-state index in [1.54, 1.807) is 4.90 Å². The zero-order valence-electron chi connectivity index (χ0n) is 18.8. The summed E-state index contributed by atoms with van der Waals surface area (Å²) in [7, 11) is 0. The number of amides is 1. The monoisotopic (exact) mass is 427 g/mol. The van der Waals surface area contributed by atoms with Gasteiger partial charge in [-0.2, -0.15) is 0 Å². The van der Waals surface area contributed by atoms with Gasteiger partial charge in [0.2, 0.25) is 0 Å². The van der Waals surface area contributed by atoms with Crippen LogP contribution in [0.3, 0.4) is 0 Å². The highest BCUT2D eigenvalue weighted by atomic mass is 16.6. The fraction of sp³-hybridized carbons (Fsp3) is 0.520. The molecule has 3 rings (SSSR count). The number of rotatable bonds is 9. The fourth-order valence-corrected chi connectivity index (χ4v) is 3.71. The van der Waals surface area contributed by atoms with Gasteiger partial charge in [0, 0.05) is 18.7 Å². The van der Waals surface area contributed by atoms with Crippen LogP contribution < -0.4 is 0 Å². The van der Waals surface area contributed by atoms with Crippen LogP contribution in [0.2, 0.25) is 0 Å². The molecule has 0 radical (unpaired) electrons. The summed E-state index contributed by atoms with van der Waals surface area (Å²) in [5, 5.41) is 2.07. The molecule has 0 bridgehead atoms. The quantitative estimate of drug-likeness (QED) is 0.429. The van der Waals surface area contributed by atoms with Crippen LogP contribution in [0.1, 0.15) is 62.4 Å². The second-order valence-electron chi connectivity index (χ2n) is 8.88. The Hall–Kier alpha value is -2.44. The Morgan fingerprint density at radius 2 is 1.84 bits per heavy atom. The minimum absolute atomic E-state index is 0.0198. The molecule has 0 spiro atoms. The first-order valence-electron chi connectivity index (χ1n) is 11.0. The molecule has 0 aromatic heterocycles. The number of benzene rings is 2. The summed E-state index contributed by atoms with van der Waals surface area (Å²) < 4.78 is 16.6. The summed E-state index contributed by atoms with van der Waals surface area (Å²) in [6, 6.07) is 11.9. The van der Waals surface area contributed by atoms with Crippen molar-refractivity contribution >= 4 is 22.6 Å². The topological polar surface area (TPSA) is 65.1 Å². The number of hydrogen-bond donors (Lipinski definition) is 0. The molecule has 1 aliphatic heterocycles. The molecule has 0 unspecified atom stereocenters. The van der Waals surface area contributed by atoms with E-state index in [4.69, 9.17) is 14.2 Å². The minimum Gasteiger partial charge on any atom is -0.460 e. The van der Waals surface area contributed by atoms with Crippen LogP contribution in [0.15, 0.2) is 36.4 Å². The van der Waals surface area contributed by atoms with E-state index in [2.05, 4.69) is 0 Å². The van der Waals surface area contributed by atoms with E-state index < -0.39 is 5.60 Å². The zero-order chi connectivity index (χ0) is 22.3. The molecule has 0 atom stereocenters. The maximum Gasteiger partial charge on any atom is 0.308 e. The van der Waals surface area contributed by atoms with Crippen LogP contribution >= 0.6 is 0 Å². The smallest absolute Gasteiger partial charge is 0.308 e. The van der Waals surface area contributed by atoms with E-state index >= 15 is 0 Å². The lowest BCUT2D eigenvalue weighted by Gasteiger charge is -2.26. The second kappa shape index (κ2) is 10.7. The Bertz CT molecular complexity index is 897. The Kier molecular flexibility index (Phi) is 8.04. The molecule has 6 nitrogen and oxygen atoms in total. The molecule has 1 heterocycles. The van der Waals surface area contributed by atoms with Crippen molar-refractivity contribution in [2.24, 2.45) is 0 Å². The van der Waals surface area contributed by atoms with Crippen LogP contribution in [0, 0.1) is 0 Å². The molecular weight excluding hydrogens is 394 g/mol. The van der Waals surface area contributed by atoms with Gasteiger partial charge in [-0.15, -0.1) is 0 Å². The lowest BCUT2D eigenvalue weighted by atomic mass is 9.98. The van der Waals surface area contributed by atoms with E-state index in [0.29, 0.717) is 33.1 Å². The molecule has 6 heteroatoms. The van der Waals surface area contributed by atoms with Gasteiger partial charge in [-0.05, 0) is 62.4 Å². The fourth-order valence-electron chi connectivity index (χ4n) is 3.71. The van der Waals surface area contributed by atoms with Crippen molar-refractivity contribution in [2.75, 3.05) is 26.5 Å². The van der Waals surface area contributed by atoms with E-state index in [1.165, 1.54) is 0 Å². The third-order valence-corrected chi connectivity index (χ3v) is 5.10. The van der Waals surface area contributed by atoms with E-state index in [0.717, 1.165) is 41.2 Å². The summed E-state index contributed by atoms with van der Waals surface area (Å²) in [6.45, 7) is 7.98. The van der Waals surface area contributed by atoms with Crippen LogP contribution in [-0.2, 0) is 25.6 Å².